The molecule has 0 aliphatic rings. The molecule has 0 heterocycles. The van der Waals surface area contributed by atoms with Gasteiger partial charge in [0, 0.05) is 12.1 Å². The largest absolute Gasteiger partial charge is 0.619 e. The summed E-state index contributed by atoms with van der Waals surface area (Å²) in [5, 5.41) is 22.1. The Hall–Kier alpha value is -1.23. The van der Waals surface area contributed by atoms with Crippen LogP contribution >= 0.6 is 0 Å². The standard InChI is InChI=1S/C8H8NO3/c1-7(10)9(11,12)8-5-3-2-4-6-8/h2-6H,1H3/q-1. The Kier molecular flexibility index (Phi) is 2.23. The van der Waals surface area contributed by atoms with Crippen molar-refractivity contribution in [3.8, 4) is 0 Å². The minimum Gasteiger partial charge on any atom is -0.619 e. The number of quaternary nitrogens is 1. The van der Waals surface area contributed by atoms with Crippen LogP contribution in [0.25, 0.3) is 0 Å². The Bertz CT molecular complexity index is 282. The third-order valence-corrected chi connectivity index (χ3v) is 1.51. The van der Waals surface area contributed by atoms with Crippen LogP contribution < -0.4 is 4.81 Å². The molecule has 0 unspecified atom stereocenters. The highest BCUT2D eigenvalue weighted by Gasteiger charge is 2.14. The summed E-state index contributed by atoms with van der Waals surface area (Å²) in [6.07, 6.45) is 0. The zero-order valence-electron chi connectivity index (χ0n) is 6.56. The lowest BCUT2D eigenvalue weighted by Gasteiger charge is -2.42. The van der Waals surface area contributed by atoms with E-state index in [1.807, 2.05) is 0 Å². The monoisotopic (exact) mass is 166 g/mol. The van der Waals surface area contributed by atoms with Crippen LogP contribution in [0.2, 0.25) is 0 Å². The number of amides is 1. The van der Waals surface area contributed by atoms with E-state index in [9.17, 15) is 15.2 Å². The minimum absolute atomic E-state index is 0.0926. The summed E-state index contributed by atoms with van der Waals surface area (Å²) >= 11 is 0. The second-order valence-electron chi connectivity index (χ2n) is 2.41. The van der Waals surface area contributed by atoms with Crippen LogP contribution in [-0.2, 0) is 4.79 Å². The van der Waals surface area contributed by atoms with E-state index in [1.165, 1.54) is 12.1 Å². The van der Waals surface area contributed by atoms with E-state index in [2.05, 4.69) is 0 Å². The van der Waals surface area contributed by atoms with Crippen molar-refractivity contribution in [3.05, 3.63) is 40.7 Å². The summed E-state index contributed by atoms with van der Waals surface area (Å²) in [4.78, 5) is 8.42. The fourth-order valence-electron chi connectivity index (χ4n) is 0.806. The van der Waals surface area contributed by atoms with Crippen LogP contribution in [0.1, 0.15) is 6.92 Å². The molecular weight excluding hydrogens is 158 g/mol. The van der Waals surface area contributed by atoms with Crippen LogP contribution in [0.5, 0.6) is 0 Å². The molecule has 0 aliphatic heterocycles. The molecule has 64 valence electrons. The van der Waals surface area contributed by atoms with E-state index in [0.29, 0.717) is 0 Å². The van der Waals surface area contributed by atoms with E-state index >= 15 is 0 Å². The van der Waals surface area contributed by atoms with Crippen molar-refractivity contribution >= 4 is 11.6 Å². The highest BCUT2D eigenvalue weighted by molar-refractivity contribution is 5.87. The van der Waals surface area contributed by atoms with E-state index in [0.717, 1.165) is 6.92 Å². The van der Waals surface area contributed by atoms with Crippen LogP contribution in [0.4, 0.5) is 5.69 Å². The van der Waals surface area contributed by atoms with Gasteiger partial charge in [0.15, 0.2) is 0 Å². The topological polar surface area (TPSA) is 63.2 Å². The first kappa shape index (κ1) is 8.86. The van der Waals surface area contributed by atoms with E-state index in [1.54, 1.807) is 18.2 Å². The van der Waals surface area contributed by atoms with Crippen molar-refractivity contribution in [1.29, 1.82) is 0 Å². The van der Waals surface area contributed by atoms with Gasteiger partial charge in [-0.15, -0.1) is 0 Å². The molecule has 1 rings (SSSR count). The third kappa shape index (κ3) is 1.50. The third-order valence-electron chi connectivity index (χ3n) is 1.51. The molecule has 0 fully saturated rings. The van der Waals surface area contributed by atoms with Crippen molar-refractivity contribution in [2.75, 3.05) is 0 Å². The number of benzene rings is 1. The second-order valence-corrected chi connectivity index (χ2v) is 2.41. The van der Waals surface area contributed by atoms with Gasteiger partial charge in [0.2, 0.25) is 0 Å². The van der Waals surface area contributed by atoms with E-state index < -0.39 is 10.7 Å². The average Bonchev–Trinajstić information content (AvgIpc) is 2.06. The van der Waals surface area contributed by atoms with Crippen molar-refractivity contribution < 1.29 is 4.79 Å². The highest BCUT2D eigenvalue weighted by Crippen LogP contribution is 2.19. The normalized spacial score (nSPS) is 11.2. The maximum Gasteiger partial charge on any atom is 0.315 e. The molecule has 0 radical (unpaired) electrons. The quantitative estimate of drug-likeness (QED) is 0.469. The zero-order chi connectivity index (χ0) is 9.19. The van der Waals surface area contributed by atoms with Crippen LogP contribution in [0, 0.1) is 10.4 Å². The highest BCUT2D eigenvalue weighted by atomic mass is 16.8. The molecule has 0 bridgehead atoms. The summed E-state index contributed by atoms with van der Waals surface area (Å²) in [6, 6.07) is 7.43. The molecule has 12 heavy (non-hydrogen) atoms. The molecule has 4 nitrogen and oxygen atoms in total. The van der Waals surface area contributed by atoms with Crippen LogP contribution in [-0.4, -0.2) is 5.91 Å². The Morgan fingerprint density at radius 3 is 2.17 bits per heavy atom. The molecule has 0 atom stereocenters. The number of hydrogen-bond acceptors (Lipinski definition) is 3. The lowest BCUT2D eigenvalue weighted by molar-refractivity contribution is -0.123. The number of nitrogens with zero attached hydrogens (tertiary/aromatic N) is 1. The van der Waals surface area contributed by atoms with Crippen molar-refractivity contribution in [3.63, 3.8) is 0 Å². The Morgan fingerprint density at radius 2 is 1.75 bits per heavy atom. The number of rotatable bonds is 1. The van der Waals surface area contributed by atoms with Gasteiger partial charge in [-0.3, -0.25) is 0 Å². The zero-order valence-corrected chi connectivity index (χ0v) is 6.56. The molecule has 0 aliphatic carbocycles. The number of para-hydroxylation sites is 1. The first-order valence-electron chi connectivity index (χ1n) is 3.43. The minimum atomic E-state index is -2.19. The van der Waals surface area contributed by atoms with Crippen molar-refractivity contribution in [2.24, 2.45) is 0 Å². The number of carbonyl (C=O) groups is 1. The molecule has 0 saturated heterocycles. The smallest absolute Gasteiger partial charge is 0.315 e. The molecule has 4 heteroatoms. The van der Waals surface area contributed by atoms with E-state index in [-0.39, 0.29) is 5.69 Å². The molecule has 0 N–H and O–H groups in total. The van der Waals surface area contributed by atoms with Crippen LogP contribution in [0.3, 0.4) is 0 Å². The van der Waals surface area contributed by atoms with Crippen molar-refractivity contribution in [2.45, 2.75) is 6.92 Å². The fraction of sp³-hybridized carbons (Fsp3) is 0.125. The molecule has 1 aromatic rings. The summed E-state index contributed by atoms with van der Waals surface area (Å²) < 4.78 is 0. The van der Waals surface area contributed by atoms with Gasteiger partial charge in [-0.1, -0.05) is 18.2 Å². The first-order valence-corrected chi connectivity index (χ1v) is 3.43. The fourth-order valence-corrected chi connectivity index (χ4v) is 0.806. The molecule has 0 spiro atoms. The summed E-state index contributed by atoms with van der Waals surface area (Å²) in [6.45, 7) is 0.979. The van der Waals surface area contributed by atoms with Gasteiger partial charge in [0.25, 0.3) is 0 Å². The summed E-state index contributed by atoms with van der Waals surface area (Å²) in [7, 11) is 0. The van der Waals surface area contributed by atoms with Gasteiger partial charge < -0.3 is 15.2 Å². The molecule has 1 aromatic carbocycles. The van der Waals surface area contributed by atoms with Gasteiger partial charge in [0.1, 0.15) is 5.69 Å². The Labute approximate surface area is 69.8 Å². The summed E-state index contributed by atoms with van der Waals surface area (Å²) in [5.41, 5.74) is -0.0926. The summed E-state index contributed by atoms with van der Waals surface area (Å²) in [5.74, 6) is -0.971. The van der Waals surface area contributed by atoms with Gasteiger partial charge >= 0.3 is 5.91 Å². The SMILES string of the molecule is CC(=O)[N+]([O-])([O-])c1ccccc1. The van der Waals surface area contributed by atoms with Gasteiger partial charge in [-0.05, 0) is 0 Å². The first-order chi connectivity index (χ1) is 5.55. The lowest BCUT2D eigenvalue weighted by Crippen LogP contribution is -2.40. The van der Waals surface area contributed by atoms with Gasteiger partial charge in [-0.25, -0.2) is 4.79 Å². The number of hydrogen-bond donors (Lipinski definition) is 0. The second kappa shape index (κ2) is 3.02. The predicted molar refractivity (Wildman–Crippen MR) is 45.7 cm³/mol. The molecule has 0 saturated carbocycles. The lowest BCUT2D eigenvalue weighted by atomic mass is 10.3. The molecular formula is C8H8NO3-. The maximum atomic E-state index is 11.0. The number of hydroxylamine groups is 2. The van der Waals surface area contributed by atoms with E-state index in [4.69, 9.17) is 0 Å². The molecule has 0 aromatic heterocycles. The van der Waals surface area contributed by atoms with Gasteiger partial charge in [-0.2, -0.15) is 0 Å². The van der Waals surface area contributed by atoms with Crippen LogP contribution in [0.15, 0.2) is 30.3 Å². The molecule has 1 amide bonds. The number of carbonyl (C=O) groups excluding carboxylic acids is 1. The average molecular weight is 166 g/mol. The van der Waals surface area contributed by atoms with Gasteiger partial charge in [0.05, 0.1) is 6.92 Å². The maximum absolute atomic E-state index is 11.0. The Balaban J connectivity index is 3.06. The predicted octanol–water partition coefficient (Wildman–Crippen LogP) is 1.54. The van der Waals surface area contributed by atoms with Crippen molar-refractivity contribution in [1.82, 2.24) is 4.81 Å². The Morgan fingerprint density at radius 1 is 1.25 bits per heavy atom.